The lowest BCUT2D eigenvalue weighted by Crippen LogP contribution is -2.26. The van der Waals surface area contributed by atoms with E-state index in [4.69, 9.17) is 13.9 Å². The number of para-hydroxylation sites is 2. The first-order valence-corrected chi connectivity index (χ1v) is 10.9. The molecule has 1 heterocycles. The molecule has 170 valence electrons. The van der Waals surface area contributed by atoms with Gasteiger partial charge in [-0.25, -0.2) is 0 Å². The summed E-state index contributed by atoms with van der Waals surface area (Å²) in [4.78, 5) is 25.0. The van der Waals surface area contributed by atoms with Gasteiger partial charge < -0.3 is 24.5 Å². The molecule has 3 aromatic carbocycles. The van der Waals surface area contributed by atoms with Crippen molar-refractivity contribution < 1.29 is 23.5 Å². The smallest absolute Gasteiger partial charge is 0.255 e. The Morgan fingerprint density at radius 1 is 0.939 bits per heavy atom. The second-order valence-corrected chi connectivity index (χ2v) is 7.48. The van der Waals surface area contributed by atoms with Crippen LogP contribution < -0.4 is 20.1 Å². The molecule has 4 rings (SSSR count). The number of anilines is 1. The Kier molecular flexibility index (Phi) is 6.78. The topological polar surface area (TPSA) is 89.8 Å². The summed E-state index contributed by atoms with van der Waals surface area (Å²) in [6.07, 6.45) is 0.734. The summed E-state index contributed by atoms with van der Waals surface area (Å²) in [5.74, 6) is 0.704. The first-order valence-electron chi connectivity index (χ1n) is 10.9. The van der Waals surface area contributed by atoms with E-state index in [0.29, 0.717) is 47.9 Å². The van der Waals surface area contributed by atoms with Crippen molar-refractivity contribution in [2.45, 2.75) is 19.8 Å². The van der Waals surface area contributed by atoms with E-state index in [9.17, 15) is 9.59 Å². The standard InChI is InChI=1S/C26H26N2O5/c1-3-32-21-11-6-5-10-18(21)26(30)27-14-8-13-25(29)28-20-16-23-19(15-24(20)31-2)17-9-4-7-12-22(17)33-23/h4-7,9-12,15-16H,3,8,13-14H2,1-2H3,(H,27,30)(H,28,29). The number of carbonyl (C=O) groups excluding carboxylic acids is 2. The van der Waals surface area contributed by atoms with Crippen LogP contribution in [0.3, 0.4) is 0 Å². The molecule has 7 nitrogen and oxygen atoms in total. The second-order valence-electron chi connectivity index (χ2n) is 7.48. The van der Waals surface area contributed by atoms with Crippen LogP contribution in [0, 0.1) is 0 Å². The molecule has 1 aromatic heterocycles. The molecule has 0 unspecified atom stereocenters. The summed E-state index contributed by atoms with van der Waals surface area (Å²) in [6.45, 7) is 2.72. The van der Waals surface area contributed by atoms with Crippen molar-refractivity contribution in [3.05, 3.63) is 66.2 Å². The van der Waals surface area contributed by atoms with E-state index in [-0.39, 0.29) is 18.2 Å². The van der Waals surface area contributed by atoms with Crippen LogP contribution in [0.25, 0.3) is 21.9 Å². The SMILES string of the molecule is CCOc1ccccc1C(=O)NCCCC(=O)Nc1cc2oc3ccccc3c2cc1OC. The average Bonchev–Trinajstić information content (AvgIpc) is 3.19. The minimum Gasteiger partial charge on any atom is -0.495 e. The van der Waals surface area contributed by atoms with E-state index in [0.717, 1.165) is 16.4 Å². The van der Waals surface area contributed by atoms with Gasteiger partial charge in [0.15, 0.2) is 0 Å². The number of hydrogen-bond acceptors (Lipinski definition) is 5. The van der Waals surface area contributed by atoms with E-state index >= 15 is 0 Å². The number of carbonyl (C=O) groups is 2. The number of ether oxygens (including phenoxy) is 2. The van der Waals surface area contributed by atoms with Crippen molar-refractivity contribution in [2.75, 3.05) is 25.6 Å². The summed E-state index contributed by atoms with van der Waals surface area (Å²) >= 11 is 0. The molecule has 0 bridgehead atoms. The fraction of sp³-hybridized carbons (Fsp3) is 0.231. The maximum absolute atomic E-state index is 12.5. The average molecular weight is 447 g/mol. The Morgan fingerprint density at radius 2 is 1.73 bits per heavy atom. The van der Waals surface area contributed by atoms with Gasteiger partial charge in [0.25, 0.3) is 5.91 Å². The highest BCUT2D eigenvalue weighted by Gasteiger charge is 2.15. The molecule has 0 fully saturated rings. The van der Waals surface area contributed by atoms with Crippen molar-refractivity contribution in [3.63, 3.8) is 0 Å². The summed E-state index contributed by atoms with van der Waals surface area (Å²) < 4.78 is 16.9. The molecule has 0 spiro atoms. The van der Waals surface area contributed by atoms with Crippen LogP contribution >= 0.6 is 0 Å². The monoisotopic (exact) mass is 446 g/mol. The zero-order chi connectivity index (χ0) is 23.2. The fourth-order valence-electron chi connectivity index (χ4n) is 3.71. The normalized spacial score (nSPS) is 10.8. The molecule has 7 heteroatoms. The maximum atomic E-state index is 12.5. The van der Waals surface area contributed by atoms with Crippen LogP contribution in [0.4, 0.5) is 5.69 Å². The number of hydrogen-bond donors (Lipinski definition) is 2. The molecule has 0 atom stereocenters. The van der Waals surface area contributed by atoms with Gasteiger partial charge in [0, 0.05) is 29.8 Å². The molecule has 0 aliphatic carbocycles. The minimum atomic E-state index is -0.225. The fourth-order valence-corrected chi connectivity index (χ4v) is 3.71. The van der Waals surface area contributed by atoms with Gasteiger partial charge in [0.2, 0.25) is 5.91 Å². The highest BCUT2D eigenvalue weighted by atomic mass is 16.5. The van der Waals surface area contributed by atoms with Crippen LogP contribution in [0.15, 0.2) is 65.1 Å². The van der Waals surface area contributed by atoms with Crippen LogP contribution in [-0.4, -0.2) is 32.1 Å². The molecule has 4 aromatic rings. The molecule has 0 saturated carbocycles. The van der Waals surface area contributed by atoms with Crippen LogP contribution in [-0.2, 0) is 4.79 Å². The lowest BCUT2D eigenvalue weighted by Gasteiger charge is -2.11. The van der Waals surface area contributed by atoms with Crippen molar-refractivity contribution in [1.29, 1.82) is 0 Å². The number of fused-ring (bicyclic) bond motifs is 3. The maximum Gasteiger partial charge on any atom is 0.255 e. The largest absolute Gasteiger partial charge is 0.495 e. The van der Waals surface area contributed by atoms with E-state index < -0.39 is 0 Å². The number of amides is 2. The molecule has 0 aliphatic heterocycles. The van der Waals surface area contributed by atoms with Gasteiger partial charge in [-0.05, 0) is 37.6 Å². The van der Waals surface area contributed by atoms with Gasteiger partial charge in [-0.15, -0.1) is 0 Å². The van der Waals surface area contributed by atoms with Crippen molar-refractivity contribution in [2.24, 2.45) is 0 Å². The van der Waals surface area contributed by atoms with E-state index in [1.807, 2.05) is 43.3 Å². The Bertz CT molecular complexity index is 1290. The quantitative estimate of drug-likeness (QED) is 0.348. The Labute approximate surface area is 191 Å². The number of furan rings is 1. The second kappa shape index (κ2) is 10.1. The number of nitrogens with one attached hydrogen (secondary N) is 2. The van der Waals surface area contributed by atoms with Gasteiger partial charge in [-0.1, -0.05) is 30.3 Å². The van der Waals surface area contributed by atoms with Crippen LogP contribution in [0.2, 0.25) is 0 Å². The highest BCUT2D eigenvalue weighted by molar-refractivity contribution is 6.07. The van der Waals surface area contributed by atoms with Crippen molar-refractivity contribution >= 4 is 39.4 Å². The molecule has 0 saturated heterocycles. The third-order valence-corrected chi connectivity index (χ3v) is 5.27. The molecule has 2 amide bonds. The Balaban J connectivity index is 1.35. The third kappa shape index (κ3) is 4.92. The van der Waals surface area contributed by atoms with Gasteiger partial charge in [-0.2, -0.15) is 0 Å². The summed E-state index contributed by atoms with van der Waals surface area (Å²) in [7, 11) is 1.56. The van der Waals surface area contributed by atoms with Crippen molar-refractivity contribution in [1.82, 2.24) is 5.32 Å². The number of benzene rings is 3. The summed E-state index contributed by atoms with van der Waals surface area (Å²) in [6, 6.07) is 18.5. The predicted molar refractivity (Wildman–Crippen MR) is 128 cm³/mol. The zero-order valence-electron chi connectivity index (χ0n) is 18.6. The summed E-state index contributed by atoms with van der Waals surface area (Å²) in [5.41, 5.74) is 2.48. The lowest BCUT2D eigenvalue weighted by molar-refractivity contribution is -0.116. The lowest BCUT2D eigenvalue weighted by atomic mass is 10.1. The van der Waals surface area contributed by atoms with Gasteiger partial charge in [-0.3, -0.25) is 9.59 Å². The van der Waals surface area contributed by atoms with Gasteiger partial charge in [0.1, 0.15) is 22.7 Å². The first-order chi connectivity index (χ1) is 16.1. The molecule has 2 N–H and O–H groups in total. The highest BCUT2D eigenvalue weighted by Crippen LogP contribution is 2.36. The molecular formula is C26H26N2O5. The predicted octanol–water partition coefficient (Wildman–Crippen LogP) is 5.14. The van der Waals surface area contributed by atoms with Crippen molar-refractivity contribution in [3.8, 4) is 11.5 Å². The Hall–Kier alpha value is -4.00. The van der Waals surface area contributed by atoms with Crippen LogP contribution in [0.5, 0.6) is 11.5 Å². The number of methoxy groups -OCH3 is 1. The third-order valence-electron chi connectivity index (χ3n) is 5.27. The van der Waals surface area contributed by atoms with E-state index in [2.05, 4.69) is 10.6 Å². The van der Waals surface area contributed by atoms with E-state index in [1.165, 1.54) is 0 Å². The van der Waals surface area contributed by atoms with Gasteiger partial charge in [0.05, 0.1) is 25.0 Å². The Morgan fingerprint density at radius 3 is 2.55 bits per heavy atom. The molecule has 0 aliphatic rings. The minimum absolute atomic E-state index is 0.173. The van der Waals surface area contributed by atoms with Crippen LogP contribution in [0.1, 0.15) is 30.1 Å². The number of rotatable bonds is 9. The molecule has 0 radical (unpaired) electrons. The van der Waals surface area contributed by atoms with Gasteiger partial charge >= 0.3 is 0 Å². The summed E-state index contributed by atoms with van der Waals surface area (Å²) in [5, 5.41) is 7.64. The molecule has 33 heavy (non-hydrogen) atoms. The first kappa shape index (κ1) is 22.2. The zero-order valence-corrected chi connectivity index (χ0v) is 18.6. The molecular weight excluding hydrogens is 420 g/mol. The van der Waals surface area contributed by atoms with E-state index in [1.54, 1.807) is 31.4 Å².